The van der Waals surface area contributed by atoms with Crippen LogP contribution in [0.25, 0.3) is 16.9 Å². The maximum absolute atomic E-state index is 13.1. The van der Waals surface area contributed by atoms with Gasteiger partial charge in [0, 0.05) is 5.56 Å². The van der Waals surface area contributed by atoms with Gasteiger partial charge in [0.25, 0.3) is 0 Å². The van der Waals surface area contributed by atoms with Gasteiger partial charge in [-0.15, -0.1) is 16.7 Å². The molecule has 0 saturated heterocycles. The number of alkyl halides is 4. The lowest BCUT2D eigenvalue weighted by Gasteiger charge is -2.10. The molecule has 8 heteroatoms. The van der Waals surface area contributed by atoms with Crippen LogP contribution >= 0.6 is 11.6 Å². The summed E-state index contributed by atoms with van der Waals surface area (Å²) in [6.07, 6.45) is -4.41. The standard InChI is InChI=1S/C16H10ClF4N3/c17-9-14-15(10-1-5-12(18)6-2-10)24(23-22-14)13-7-3-11(4-8-13)16(19,20)21/h1-8H,9H2. The van der Waals surface area contributed by atoms with Crippen molar-refractivity contribution in [3.63, 3.8) is 0 Å². The van der Waals surface area contributed by atoms with Crippen molar-refractivity contribution in [2.45, 2.75) is 12.1 Å². The lowest BCUT2D eigenvalue weighted by Crippen LogP contribution is -2.06. The van der Waals surface area contributed by atoms with Gasteiger partial charge in [0.05, 0.1) is 22.8 Å². The van der Waals surface area contributed by atoms with E-state index in [9.17, 15) is 17.6 Å². The molecule has 0 amide bonds. The molecule has 0 radical (unpaired) electrons. The van der Waals surface area contributed by atoms with E-state index in [1.54, 1.807) is 0 Å². The van der Waals surface area contributed by atoms with E-state index in [-0.39, 0.29) is 5.88 Å². The third-order valence-corrected chi connectivity index (χ3v) is 3.68. The number of benzene rings is 2. The second-order valence-electron chi connectivity index (χ2n) is 4.98. The number of rotatable bonds is 3. The summed E-state index contributed by atoms with van der Waals surface area (Å²) in [7, 11) is 0. The molecule has 0 N–H and O–H groups in total. The summed E-state index contributed by atoms with van der Waals surface area (Å²) in [5.74, 6) is -0.340. The molecule has 0 aliphatic heterocycles. The topological polar surface area (TPSA) is 30.7 Å². The first kappa shape index (κ1) is 16.4. The lowest BCUT2D eigenvalue weighted by molar-refractivity contribution is -0.137. The minimum absolute atomic E-state index is 0.0628. The number of halogens is 5. The first-order chi connectivity index (χ1) is 11.4. The summed E-state index contributed by atoms with van der Waals surface area (Å²) in [6, 6.07) is 10.1. The molecule has 1 heterocycles. The normalized spacial score (nSPS) is 11.7. The quantitative estimate of drug-likeness (QED) is 0.497. The summed E-state index contributed by atoms with van der Waals surface area (Å²) in [5.41, 5.74) is 1.20. The molecule has 0 unspecified atom stereocenters. The van der Waals surface area contributed by atoms with Gasteiger partial charge in [-0.3, -0.25) is 0 Å². The van der Waals surface area contributed by atoms with Crippen molar-refractivity contribution in [1.82, 2.24) is 15.0 Å². The maximum Gasteiger partial charge on any atom is 0.416 e. The molecular formula is C16H10ClF4N3. The van der Waals surface area contributed by atoms with Crippen molar-refractivity contribution in [3.8, 4) is 16.9 Å². The highest BCUT2D eigenvalue weighted by Crippen LogP contribution is 2.31. The van der Waals surface area contributed by atoms with Gasteiger partial charge < -0.3 is 0 Å². The summed E-state index contributed by atoms with van der Waals surface area (Å²) < 4.78 is 52.5. The van der Waals surface area contributed by atoms with Gasteiger partial charge in [0.1, 0.15) is 11.5 Å². The largest absolute Gasteiger partial charge is 0.416 e. The summed E-state index contributed by atoms with van der Waals surface area (Å²) >= 11 is 5.86. The number of aromatic nitrogens is 3. The molecule has 3 aromatic rings. The van der Waals surface area contributed by atoms with Gasteiger partial charge in [-0.05, 0) is 48.5 Å². The van der Waals surface area contributed by atoms with Gasteiger partial charge >= 0.3 is 6.18 Å². The van der Waals surface area contributed by atoms with E-state index in [1.165, 1.54) is 41.1 Å². The molecule has 24 heavy (non-hydrogen) atoms. The van der Waals surface area contributed by atoms with Crippen LogP contribution in [0.3, 0.4) is 0 Å². The zero-order valence-corrected chi connectivity index (χ0v) is 12.8. The predicted molar refractivity (Wildman–Crippen MR) is 81.3 cm³/mol. The highest BCUT2D eigenvalue weighted by Gasteiger charge is 2.30. The highest BCUT2D eigenvalue weighted by molar-refractivity contribution is 6.17. The van der Waals surface area contributed by atoms with E-state index in [4.69, 9.17) is 11.6 Å². The van der Waals surface area contributed by atoms with Crippen molar-refractivity contribution in [2.75, 3.05) is 0 Å². The van der Waals surface area contributed by atoms with Crippen LogP contribution in [-0.2, 0) is 12.1 Å². The maximum atomic E-state index is 13.1. The monoisotopic (exact) mass is 355 g/mol. The Labute approximate surface area is 139 Å². The third kappa shape index (κ3) is 3.12. The van der Waals surface area contributed by atoms with Crippen LogP contribution in [0.1, 0.15) is 11.3 Å². The van der Waals surface area contributed by atoms with Crippen LogP contribution < -0.4 is 0 Å². The average molecular weight is 356 g/mol. The lowest BCUT2D eigenvalue weighted by atomic mass is 10.1. The van der Waals surface area contributed by atoms with E-state index >= 15 is 0 Å². The Hall–Kier alpha value is -2.41. The second-order valence-corrected chi connectivity index (χ2v) is 5.25. The molecule has 0 bridgehead atoms. The molecule has 3 nitrogen and oxygen atoms in total. The Morgan fingerprint density at radius 1 is 0.958 bits per heavy atom. The van der Waals surface area contributed by atoms with Gasteiger partial charge in [0.2, 0.25) is 0 Å². The van der Waals surface area contributed by atoms with Gasteiger partial charge in [-0.25, -0.2) is 9.07 Å². The Kier molecular flexibility index (Phi) is 4.28. The molecule has 2 aromatic carbocycles. The minimum Gasteiger partial charge on any atom is -0.213 e. The molecule has 0 atom stereocenters. The fraction of sp³-hybridized carbons (Fsp3) is 0.125. The fourth-order valence-electron chi connectivity index (χ4n) is 2.27. The summed E-state index contributed by atoms with van der Waals surface area (Å²) in [4.78, 5) is 0. The van der Waals surface area contributed by atoms with Crippen LogP contribution in [0.2, 0.25) is 0 Å². The highest BCUT2D eigenvalue weighted by atomic mass is 35.5. The van der Waals surface area contributed by atoms with Crippen molar-refractivity contribution in [3.05, 3.63) is 65.6 Å². The Balaban J connectivity index is 2.09. The van der Waals surface area contributed by atoms with Gasteiger partial charge in [0.15, 0.2) is 0 Å². The first-order valence-electron chi connectivity index (χ1n) is 6.84. The zero-order valence-electron chi connectivity index (χ0n) is 12.1. The molecular weight excluding hydrogens is 346 g/mol. The molecule has 0 spiro atoms. The Morgan fingerprint density at radius 2 is 1.58 bits per heavy atom. The second kappa shape index (κ2) is 6.24. The van der Waals surface area contributed by atoms with Crippen molar-refractivity contribution < 1.29 is 17.6 Å². The van der Waals surface area contributed by atoms with Crippen LogP contribution in [0.4, 0.5) is 17.6 Å². The molecule has 0 aliphatic carbocycles. The summed E-state index contributed by atoms with van der Waals surface area (Å²) in [5, 5.41) is 7.90. The van der Waals surface area contributed by atoms with Crippen LogP contribution in [-0.4, -0.2) is 15.0 Å². The average Bonchev–Trinajstić information content (AvgIpc) is 2.99. The van der Waals surface area contributed by atoms with Gasteiger partial charge in [-0.2, -0.15) is 13.2 Å². The Morgan fingerprint density at radius 3 is 2.12 bits per heavy atom. The predicted octanol–water partition coefficient (Wildman–Crippen LogP) is 4.83. The number of hydrogen-bond acceptors (Lipinski definition) is 2. The van der Waals surface area contributed by atoms with Crippen LogP contribution in [0, 0.1) is 5.82 Å². The number of nitrogens with zero attached hydrogens (tertiary/aromatic N) is 3. The van der Waals surface area contributed by atoms with E-state index in [0.29, 0.717) is 22.6 Å². The SMILES string of the molecule is Fc1ccc(-c2c(CCl)nnn2-c2ccc(C(F)(F)F)cc2)cc1. The van der Waals surface area contributed by atoms with Gasteiger partial charge in [-0.1, -0.05) is 5.21 Å². The smallest absolute Gasteiger partial charge is 0.213 e. The fourth-order valence-corrected chi connectivity index (χ4v) is 2.45. The molecule has 1 aromatic heterocycles. The molecule has 0 fully saturated rings. The van der Waals surface area contributed by atoms with E-state index in [1.807, 2.05) is 0 Å². The van der Waals surface area contributed by atoms with Crippen LogP contribution in [0.15, 0.2) is 48.5 Å². The van der Waals surface area contributed by atoms with E-state index in [0.717, 1.165) is 12.1 Å². The van der Waals surface area contributed by atoms with E-state index in [2.05, 4.69) is 10.3 Å². The van der Waals surface area contributed by atoms with Crippen molar-refractivity contribution in [2.24, 2.45) is 0 Å². The van der Waals surface area contributed by atoms with Crippen molar-refractivity contribution in [1.29, 1.82) is 0 Å². The molecule has 3 rings (SSSR count). The minimum atomic E-state index is -4.41. The molecule has 124 valence electrons. The molecule has 0 aliphatic rings. The van der Waals surface area contributed by atoms with E-state index < -0.39 is 17.6 Å². The zero-order chi connectivity index (χ0) is 17.3. The first-order valence-corrected chi connectivity index (χ1v) is 7.37. The third-order valence-electron chi connectivity index (χ3n) is 3.42. The van der Waals surface area contributed by atoms with Crippen molar-refractivity contribution >= 4 is 11.6 Å². The Bertz CT molecular complexity index is 839. The summed E-state index contributed by atoms with van der Waals surface area (Å²) in [6.45, 7) is 0. The van der Waals surface area contributed by atoms with Crippen LogP contribution in [0.5, 0.6) is 0 Å². The molecule has 0 saturated carbocycles. The number of hydrogen-bond donors (Lipinski definition) is 0.